The second-order valence-corrected chi connectivity index (χ2v) is 23.9. The zero-order chi connectivity index (χ0) is 55.0. The largest absolute Gasteiger partial charge is 0.466 e. The van der Waals surface area contributed by atoms with Crippen LogP contribution in [0.25, 0.3) is 0 Å². The minimum Gasteiger partial charge on any atom is -0.466 e. The molecule has 0 aliphatic heterocycles. The van der Waals surface area contributed by atoms with Crippen LogP contribution in [0.15, 0.2) is 24.3 Å². The van der Waals surface area contributed by atoms with Crippen LogP contribution in [0, 0.1) is 0 Å². The number of esters is 1. The molecule has 0 rings (SSSR count). The third-order valence-electron chi connectivity index (χ3n) is 16.2. The van der Waals surface area contributed by atoms with Crippen LogP contribution in [-0.2, 0) is 14.3 Å². The van der Waals surface area contributed by atoms with Crippen molar-refractivity contribution in [2.75, 3.05) is 13.2 Å². The lowest BCUT2D eigenvalue weighted by Gasteiger charge is -2.20. The molecule has 0 aliphatic rings. The fraction of sp³-hybridized carbons (Fsp3) is 0.914. The number of hydrogen-bond acceptors (Lipinski definition) is 5. The number of carbonyl (C=O) groups is 2. The Balaban J connectivity index is 3.34. The number of unbranched alkanes of at least 4 members (excludes halogenated alkanes) is 52. The van der Waals surface area contributed by atoms with Crippen molar-refractivity contribution in [2.45, 2.75) is 398 Å². The van der Waals surface area contributed by atoms with Crippen molar-refractivity contribution in [3.63, 3.8) is 0 Å². The highest BCUT2D eigenvalue weighted by atomic mass is 16.5. The SMILES string of the molecule is CCCCCCCCCCCCC/C=C/C(O)C(CO)NC(=O)CCCCCCCCCCCCCCCCCCC/C=C\CCCCCCCCCCCCCCOC(=O)CCCCCCCCCCCCCCC. The second kappa shape index (κ2) is 65.9. The van der Waals surface area contributed by atoms with Crippen LogP contribution in [0.1, 0.15) is 386 Å². The van der Waals surface area contributed by atoms with E-state index >= 15 is 0 Å². The first-order chi connectivity index (χ1) is 37.5. The summed E-state index contributed by atoms with van der Waals surface area (Å²) in [6, 6.07) is -0.624. The fourth-order valence-corrected chi connectivity index (χ4v) is 10.9. The number of hydrogen-bond donors (Lipinski definition) is 3. The van der Waals surface area contributed by atoms with E-state index in [1.165, 1.54) is 321 Å². The normalized spacial score (nSPS) is 12.6. The third-order valence-corrected chi connectivity index (χ3v) is 16.2. The number of ether oxygens (including phenoxy) is 1. The molecular weight excluding hydrogens is 935 g/mol. The first kappa shape index (κ1) is 74.3. The molecule has 0 aliphatic carbocycles. The van der Waals surface area contributed by atoms with Crippen LogP contribution in [0.2, 0.25) is 0 Å². The van der Waals surface area contributed by atoms with Crippen LogP contribution >= 0.6 is 0 Å². The predicted octanol–water partition coefficient (Wildman–Crippen LogP) is 22.1. The maximum atomic E-state index is 12.5. The lowest BCUT2D eigenvalue weighted by atomic mass is 10.0. The summed E-state index contributed by atoms with van der Waals surface area (Å²) in [6.45, 7) is 4.93. The molecule has 2 atom stereocenters. The summed E-state index contributed by atoms with van der Waals surface area (Å²) in [7, 11) is 0. The van der Waals surface area contributed by atoms with Crippen molar-refractivity contribution in [3.8, 4) is 0 Å². The molecule has 0 aromatic rings. The second-order valence-electron chi connectivity index (χ2n) is 23.9. The Morgan fingerprint density at radius 3 is 0.934 bits per heavy atom. The van der Waals surface area contributed by atoms with Gasteiger partial charge in [0.05, 0.1) is 25.4 Å². The first-order valence-electron chi connectivity index (χ1n) is 34.6. The Morgan fingerprint density at radius 2 is 0.618 bits per heavy atom. The van der Waals surface area contributed by atoms with Gasteiger partial charge in [-0.2, -0.15) is 0 Å². The molecule has 0 saturated heterocycles. The van der Waals surface area contributed by atoms with Gasteiger partial charge in [0, 0.05) is 12.8 Å². The highest BCUT2D eigenvalue weighted by molar-refractivity contribution is 5.76. The highest BCUT2D eigenvalue weighted by Crippen LogP contribution is 2.18. The summed E-state index contributed by atoms with van der Waals surface area (Å²) in [5.41, 5.74) is 0. The standard InChI is InChI=1S/C70H135NO5/c1-3-5-7-9-11-13-15-38-42-46-50-54-58-62-68(73)67(66-72)71-69(74)63-59-55-51-47-43-40-36-34-32-30-28-26-24-22-20-18-17-19-21-23-25-27-29-31-33-35-37-41-45-49-53-57-61-65-76-70(75)64-60-56-52-48-44-39-16-14-12-10-8-6-4-2/h21,23,58,62,67-68,72-73H,3-20,22,24-57,59-61,63-66H2,1-2H3,(H,71,74)/b23-21-,62-58+. The lowest BCUT2D eigenvalue weighted by Crippen LogP contribution is -2.45. The number of aliphatic hydroxyl groups excluding tert-OH is 2. The Labute approximate surface area is 475 Å². The van der Waals surface area contributed by atoms with Crippen molar-refractivity contribution < 1.29 is 24.5 Å². The number of aliphatic hydroxyl groups is 2. The molecule has 3 N–H and O–H groups in total. The third kappa shape index (κ3) is 61.6. The van der Waals surface area contributed by atoms with Crippen molar-refractivity contribution in [3.05, 3.63) is 24.3 Å². The number of allylic oxidation sites excluding steroid dienone is 3. The lowest BCUT2D eigenvalue weighted by molar-refractivity contribution is -0.143. The van der Waals surface area contributed by atoms with Gasteiger partial charge in [-0.15, -0.1) is 0 Å². The Morgan fingerprint density at radius 1 is 0.355 bits per heavy atom. The Bertz CT molecular complexity index is 1190. The summed E-state index contributed by atoms with van der Waals surface area (Å²) in [6.07, 6.45) is 82.6. The molecular formula is C70H135NO5. The summed E-state index contributed by atoms with van der Waals surface area (Å²) >= 11 is 0. The highest BCUT2D eigenvalue weighted by Gasteiger charge is 2.18. The average Bonchev–Trinajstić information content (AvgIpc) is 3.42. The van der Waals surface area contributed by atoms with Crippen LogP contribution < -0.4 is 5.32 Å². The van der Waals surface area contributed by atoms with Gasteiger partial charge in [0.25, 0.3) is 0 Å². The van der Waals surface area contributed by atoms with E-state index in [2.05, 4.69) is 31.3 Å². The molecule has 0 aromatic carbocycles. The van der Waals surface area contributed by atoms with Gasteiger partial charge in [-0.1, -0.05) is 340 Å². The van der Waals surface area contributed by atoms with Crippen molar-refractivity contribution in [2.24, 2.45) is 0 Å². The van der Waals surface area contributed by atoms with Gasteiger partial charge in [0.2, 0.25) is 5.91 Å². The van der Waals surface area contributed by atoms with Crippen molar-refractivity contribution in [1.82, 2.24) is 5.32 Å². The van der Waals surface area contributed by atoms with Crippen LogP contribution in [0.4, 0.5) is 0 Å². The van der Waals surface area contributed by atoms with Gasteiger partial charge < -0.3 is 20.3 Å². The van der Waals surface area contributed by atoms with E-state index in [1.807, 2.05) is 6.08 Å². The van der Waals surface area contributed by atoms with E-state index in [4.69, 9.17) is 4.74 Å². The predicted molar refractivity (Wildman–Crippen MR) is 333 cm³/mol. The van der Waals surface area contributed by atoms with Crippen LogP contribution in [-0.4, -0.2) is 47.4 Å². The maximum absolute atomic E-state index is 12.5. The van der Waals surface area contributed by atoms with Gasteiger partial charge >= 0.3 is 5.97 Å². The summed E-state index contributed by atoms with van der Waals surface area (Å²) < 4.78 is 5.49. The van der Waals surface area contributed by atoms with Crippen molar-refractivity contribution >= 4 is 11.9 Å². The smallest absolute Gasteiger partial charge is 0.305 e. The van der Waals surface area contributed by atoms with E-state index in [-0.39, 0.29) is 18.5 Å². The Kier molecular flexibility index (Phi) is 64.4. The van der Waals surface area contributed by atoms with E-state index in [0.29, 0.717) is 19.4 Å². The quantitative estimate of drug-likeness (QED) is 0.0320. The van der Waals surface area contributed by atoms with E-state index in [9.17, 15) is 19.8 Å². The molecule has 0 fully saturated rings. The topological polar surface area (TPSA) is 95.9 Å². The molecule has 0 radical (unpaired) electrons. The molecule has 0 bridgehead atoms. The van der Waals surface area contributed by atoms with Gasteiger partial charge in [0.1, 0.15) is 0 Å². The molecule has 1 amide bonds. The van der Waals surface area contributed by atoms with Crippen LogP contribution in [0.3, 0.4) is 0 Å². The van der Waals surface area contributed by atoms with E-state index in [1.54, 1.807) is 6.08 Å². The van der Waals surface area contributed by atoms with Gasteiger partial charge in [-0.25, -0.2) is 0 Å². The average molecular weight is 1070 g/mol. The summed E-state index contributed by atoms with van der Waals surface area (Å²) in [5, 5.41) is 23.1. The Hall–Kier alpha value is -1.66. The molecule has 0 heterocycles. The zero-order valence-electron chi connectivity index (χ0n) is 51.5. The molecule has 450 valence electrons. The summed E-state index contributed by atoms with van der Waals surface area (Å²) in [4.78, 5) is 24.5. The van der Waals surface area contributed by atoms with Gasteiger partial charge in [-0.3, -0.25) is 9.59 Å². The number of amides is 1. The molecule has 2 unspecified atom stereocenters. The van der Waals surface area contributed by atoms with Gasteiger partial charge in [0.15, 0.2) is 0 Å². The van der Waals surface area contributed by atoms with Gasteiger partial charge in [-0.05, 0) is 57.8 Å². The molecule has 6 heteroatoms. The zero-order valence-corrected chi connectivity index (χ0v) is 51.5. The van der Waals surface area contributed by atoms with E-state index < -0.39 is 12.1 Å². The molecule has 0 saturated carbocycles. The number of nitrogens with one attached hydrogen (secondary N) is 1. The molecule has 0 aromatic heterocycles. The minimum atomic E-state index is -0.841. The summed E-state index contributed by atoms with van der Waals surface area (Å²) in [5.74, 6) is -0.0429. The van der Waals surface area contributed by atoms with Crippen LogP contribution in [0.5, 0.6) is 0 Å². The molecule has 6 nitrogen and oxygen atoms in total. The maximum Gasteiger partial charge on any atom is 0.305 e. The number of carbonyl (C=O) groups excluding carboxylic acids is 2. The monoisotopic (exact) mass is 1070 g/mol. The first-order valence-corrected chi connectivity index (χ1v) is 34.6. The minimum absolute atomic E-state index is 0.0204. The van der Waals surface area contributed by atoms with Crippen molar-refractivity contribution in [1.29, 1.82) is 0 Å². The number of rotatable bonds is 65. The fourth-order valence-electron chi connectivity index (χ4n) is 10.9. The molecule has 0 spiro atoms. The van der Waals surface area contributed by atoms with E-state index in [0.717, 1.165) is 38.5 Å². The molecule has 76 heavy (non-hydrogen) atoms.